The first kappa shape index (κ1) is 23.3. The zero-order valence-electron chi connectivity index (χ0n) is 19.7. The molecule has 3 unspecified atom stereocenters. The fraction of sp³-hybridized carbons (Fsp3) is 0.654. The van der Waals surface area contributed by atoms with Gasteiger partial charge in [0.15, 0.2) is 0 Å². The van der Waals surface area contributed by atoms with Gasteiger partial charge in [0.2, 0.25) is 0 Å². The molecule has 4 aliphatic heterocycles. The van der Waals surface area contributed by atoms with Crippen LogP contribution < -0.4 is 5.73 Å². The second kappa shape index (κ2) is 11.3. The minimum Gasteiger partial charge on any atom is -0.381 e. The van der Waals surface area contributed by atoms with Crippen molar-refractivity contribution >= 4 is 17.8 Å². The second-order valence-corrected chi connectivity index (χ2v) is 9.41. The fourth-order valence-electron chi connectivity index (χ4n) is 4.87. The molecule has 4 aliphatic rings. The maximum absolute atomic E-state index is 6.12. The van der Waals surface area contributed by atoms with Crippen molar-refractivity contribution in [2.75, 3.05) is 19.8 Å². The van der Waals surface area contributed by atoms with Crippen molar-refractivity contribution in [1.29, 1.82) is 0 Å². The van der Waals surface area contributed by atoms with Crippen molar-refractivity contribution in [3.63, 3.8) is 0 Å². The molecule has 1 saturated heterocycles. The molecule has 3 atom stereocenters. The molecule has 0 bridgehead atoms. The molecule has 0 spiro atoms. The normalized spacial score (nSPS) is 31.8. The Balaban J connectivity index is 1.68. The number of allylic oxidation sites excluding steroid dienone is 2. The highest BCUT2D eigenvalue weighted by atomic mass is 16.5. The molecule has 174 valence electrons. The summed E-state index contributed by atoms with van der Waals surface area (Å²) in [6.07, 6.45) is 15.4. The second-order valence-electron chi connectivity index (χ2n) is 9.41. The Hall–Kier alpha value is -1.89. The van der Waals surface area contributed by atoms with Gasteiger partial charge in [0.25, 0.3) is 0 Å². The summed E-state index contributed by atoms with van der Waals surface area (Å²) in [6, 6.07) is 0.0467. The number of amidine groups is 1. The van der Waals surface area contributed by atoms with E-state index in [9.17, 15) is 0 Å². The van der Waals surface area contributed by atoms with Crippen LogP contribution in [0.2, 0.25) is 0 Å². The highest BCUT2D eigenvalue weighted by molar-refractivity contribution is 6.12. The third kappa shape index (κ3) is 6.33. The molecule has 4 rings (SSSR count). The summed E-state index contributed by atoms with van der Waals surface area (Å²) in [5.74, 6) is 0.849. The van der Waals surface area contributed by atoms with Gasteiger partial charge in [-0.2, -0.15) is 0 Å². The molecule has 1 fully saturated rings. The number of hydrogen-bond donors (Lipinski definition) is 1. The minimum atomic E-state index is -0.120. The first-order chi connectivity index (χ1) is 15.6. The molecule has 0 aromatic rings. The molecule has 0 aliphatic carbocycles. The Labute approximate surface area is 192 Å². The lowest BCUT2D eigenvalue weighted by Crippen LogP contribution is -2.25. The van der Waals surface area contributed by atoms with Crippen LogP contribution in [0.25, 0.3) is 0 Å². The SMILES string of the molecule is CC1=C(C2CC(C3=CCCOCCC3)=NC(/C=C3/CCCOC(C)C3)=N2)C=NC(N)CC1. The van der Waals surface area contributed by atoms with Crippen LogP contribution in [-0.2, 0) is 9.47 Å². The number of ether oxygens (including phenoxy) is 2. The van der Waals surface area contributed by atoms with Crippen molar-refractivity contribution < 1.29 is 9.47 Å². The maximum atomic E-state index is 6.12. The fourth-order valence-corrected chi connectivity index (χ4v) is 4.87. The largest absolute Gasteiger partial charge is 0.381 e. The smallest absolute Gasteiger partial charge is 0.148 e. The van der Waals surface area contributed by atoms with E-state index in [-0.39, 0.29) is 18.3 Å². The summed E-state index contributed by atoms with van der Waals surface area (Å²) in [5.41, 5.74) is 12.6. The summed E-state index contributed by atoms with van der Waals surface area (Å²) in [6.45, 7) is 6.80. The zero-order chi connectivity index (χ0) is 22.3. The Morgan fingerprint density at radius 3 is 2.88 bits per heavy atom. The molecule has 4 heterocycles. The summed E-state index contributed by atoms with van der Waals surface area (Å²) >= 11 is 0. The van der Waals surface area contributed by atoms with Crippen molar-refractivity contribution in [1.82, 2.24) is 0 Å². The van der Waals surface area contributed by atoms with E-state index in [0.29, 0.717) is 0 Å². The first-order valence-corrected chi connectivity index (χ1v) is 12.3. The molecule has 6 heteroatoms. The van der Waals surface area contributed by atoms with E-state index >= 15 is 0 Å². The molecule has 0 radical (unpaired) electrons. The van der Waals surface area contributed by atoms with E-state index in [2.05, 4.69) is 31.0 Å². The predicted octanol–water partition coefficient (Wildman–Crippen LogP) is 4.71. The Morgan fingerprint density at radius 2 is 1.97 bits per heavy atom. The molecular formula is C26H38N4O2. The third-order valence-electron chi connectivity index (χ3n) is 6.68. The standard InChI is InChI=1S/C26H38N4O2/c1-18-9-10-25(27)28-17-22(18)24-16-23(21-7-4-11-31-12-5-8-21)29-26(30-24)15-20-6-3-13-32-19(2)14-20/h7,15,17,19,24-25H,3-6,8-14,16,27H2,1-2H3/b20-15-,21-7?. The summed E-state index contributed by atoms with van der Waals surface area (Å²) in [5, 5.41) is 0. The zero-order valence-corrected chi connectivity index (χ0v) is 19.7. The van der Waals surface area contributed by atoms with Gasteiger partial charge in [0.1, 0.15) is 5.84 Å². The van der Waals surface area contributed by atoms with Crippen LogP contribution >= 0.6 is 0 Å². The van der Waals surface area contributed by atoms with Gasteiger partial charge in [-0.15, -0.1) is 0 Å². The van der Waals surface area contributed by atoms with Gasteiger partial charge in [-0.3, -0.25) is 9.98 Å². The molecular weight excluding hydrogens is 400 g/mol. The van der Waals surface area contributed by atoms with Crippen molar-refractivity contribution in [3.8, 4) is 0 Å². The first-order valence-electron chi connectivity index (χ1n) is 12.3. The van der Waals surface area contributed by atoms with Gasteiger partial charge in [-0.1, -0.05) is 17.2 Å². The van der Waals surface area contributed by atoms with E-state index in [1.807, 2.05) is 6.21 Å². The molecule has 0 aromatic heterocycles. The lowest BCUT2D eigenvalue weighted by Gasteiger charge is -2.24. The van der Waals surface area contributed by atoms with Gasteiger partial charge in [-0.05, 0) is 82.4 Å². The molecule has 0 aromatic carbocycles. The predicted molar refractivity (Wildman–Crippen MR) is 132 cm³/mol. The van der Waals surface area contributed by atoms with E-state index < -0.39 is 0 Å². The average Bonchev–Trinajstić information content (AvgIpc) is 3.05. The molecule has 0 saturated carbocycles. The molecule has 2 N–H and O–H groups in total. The minimum absolute atomic E-state index is 0.0467. The summed E-state index contributed by atoms with van der Waals surface area (Å²) < 4.78 is 11.5. The lowest BCUT2D eigenvalue weighted by molar-refractivity contribution is 0.0749. The van der Waals surface area contributed by atoms with E-state index in [1.165, 1.54) is 28.0 Å². The van der Waals surface area contributed by atoms with E-state index in [0.717, 1.165) is 83.4 Å². The van der Waals surface area contributed by atoms with Crippen molar-refractivity contribution in [3.05, 3.63) is 34.4 Å². The number of nitrogens with zero attached hydrogens (tertiary/aromatic N) is 3. The lowest BCUT2D eigenvalue weighted by atomic mass is 9.90. The van der Waals surface area contributed by atoms with Crippen LogP contribution in [0, 0.1) is 0 Å². The number of rotatable bonds is 3. The van der Waals surface area contributed by atoms with Crippen molar-refractivity contribution in [2.45, 2.75) is 89.9 Å². The van der Waals surface area contributed by atoms with Crippen LogP contribution in [0.4, 0.5) is 0 Å². The Morgan fingerprint density at radius 1 is 1.09 bits per heavy atom. The maximum Gasteiger partial charge on any atom is 0.148 e. The van der Waals surface area contributed by atoms with Gasteiger partial charge >= 0.3 is 0 Å². The van der Waals surface area contributed by atoms with E-state index in [1.54, 1.807) is 0 Å². The quantitative estimate of drug-likeness (QED) is 0.693. The number of nitrogens with two attached hydrogens (primary N) is 1. The highest BCUT2D eigenvalue weighted by Gasteiger charge is 2.25. The Bertz CT molecular complexity index is 865. The molecule has 6 nitrogen and oxygen atoms in total. The van der Waals surface area contributed by atoms with E-state index in [4.69, 9.17) is 25.2 Å². The number of aliphatic imine (C=N–C) groups is 3. The van der Waals surface area contributed by atoms with Crippen LogP contribution in [0.3, 0.4) is 0 Å². The third-order valence-corrected chi connectivity index (χ3v) is 6.68. The van der Waals surface area contributed by atoms with Crippen LogP contribution in [0.1, 0.15) is 71.6 Å². The van der Waals surface area contributed by atoms with Gasteiger partial charge in [0.05, 0.1) is 24.9 Å². The number of hydrogen-bond acceptors (Lipinski definition) is 6. The van der Waals surface area contributed by atoms with Crippen LogP contribution in [-0.4, -0.2) is 55.9 Å². The monoisotopic (exact) mass is 438 g/mol. The topological polar surface area (TPSA) is 81.6 Å². The van der Waals surface area contributed by atoms with Gasteiger partial charge in [-0.25, -0.2) is 4.99 Å². The summed E-state index contributed by atoms with van der Waals surface area (Å²) in [7, 11) is 0. The van der Waals surface area contributed by atoms with Gasteiger partial charge in [0, 0.05) is 31.6 Å². The average molecular weight is 439 g/mol. The highest BCUT2D eigenvalue weighted by Crippen LogP contribution is 2.28. The summed E-state index contributed by atoms with van der Waals surface area (Å²) in [4.78, 5) is 14.8. The molecule has 0 amide bonds. The van der Waals surface area contributed by atoms with Crippen LogP contribution in [0.15, 0.2) is 49.4 Å². The van der Waals surface area contributed by atoms with Crippen molar-refractivity contribution in [2.24, 2.45) is 20.7 Å². The van der Waals surface area contributed by atoms with Crippen LogP contribution in [0.5, 0.6) is 0 Å². The Kier molecular flexibility index (Phi) is 8.22. The van der Waals surface area contributed by atoms with Gasteiger partial charge < -0.3 is 15.2 Å². The molecule has 32 heavy (non-hydrogen) atoms.